The van der Waals surface area contributed by atoms with Gasteiger partial charge in [0.2, 0.25) is 0 Å². The van der Waals surface area contributed by atoms with Crippen molar-refractivity contribution in [2.75, 3.05) is 11.9 Å². The highest BCUT2D eigenvalue weighted by molar-refractivity contribution is 5.94. The molecule has 4 heteroatoms. The molecule has 126 valence electrons. The van der Waals surface area contributed by atoms with E-state index in [2.05, 4.69) is 26.1 Å². The van der Waals surface area contributed by atoms with Crippen LogP contribution in [0.2, 0.25) is 0 Å². The molecule has 0 aliphatic carbocycles. The molecule has 1 amide bonds. The Labute approximate surface area is 142 Å². The molecular formula is C20H23NO3. The quantitative estimate of drug-likeness (QED) is 0.838. The molecule has 0 atom stereocenters. The van der Waals surface area contributed by atoms with E-state index in [9.17, 15) is 9.59 Å². The highest BCUT2D eigenvalue weighted by Gasteiger charge is 2.13. The van der Waals surface area contributed by atoms with Gasteiger partial charge in [-0.2, -0.15) is 0 Å². The van der Waals surface area contributed by atoms with Gasteiger partial charge >= 0.3 is 0 Å². The van der Waals surface area contributed by atoms with Gasteiger partial charge in [-0.15, -0.1) is 0 Å². The van der Waals surface area contributed by atoms with Crippen LogP contribution in [0.4, 0.5) is 5.69 Å². The van der Waals surface area contributed by atoms with Crippen LogP contribution in [0, 0.1) is 0 Å². The van der Waals surface area contributed by atoms with Gasteiger partial charge in [-0.25, -0.2) is 0 Å². The third-order valence-corrected chi connectivity index (χ3v) is 3.65. The minimum Gasteiger partial charge on any atom is -0.484 e. The largest absolute Gasteiger partial charge is 0.484 e. The summed E-state index contributed by atoms with van der Waals surface area (Å²) in [5.41, 5.74) is 2.57. The summed E-state index contributed by atoms with van der Waals surface area (Å²) < 4.78 is 5.44. The Morgan fingerprint density at radius 1 is 1.04 bits per heavy atom. The number of carbonyl (C=O) groups is 2. The Bertz CT molecular complexity index is 727. The fraction of sp³-hybridized carbons (Fsp3) is 0.300. The van der Waals surface area contributed by atoms with E-state index >= 15 is 0 Å². The summed E-state index contributed by atoms with van der Waals surface area (Å²) >= 11 is 0. The summed E-state index contributed by atoms with van der Waals surface area (Å²) in [6, 6.07) is 14.6. The summed E-state index contributed by atoms with van der Waals surface area (Å²) in [6.07, 6.45) is 0. The number of Topliss-reactive ketones (excluding diaryl/α,β-unsaturated/α-hetero) is 1. The second kappa shape index (κ2) is 7.30. The van der Waals surface area contributed by atoms with Crippen LogP contribution in [0.5, 0.6) is 5.75 Å². The zero-order chi connectivity index (χ0) is 17.7. The minimum atomic E-state index is -0.244. The lowest BCUT2D eigenvalue weighted by Gasteiger charge is -2.19. The highest BCUT2D eigenvalue weighted by atomic mass is 16.5. The fourth-order valence-corrected chi connectivity index (χ4v) is 2.20. The van der Waals surface area contributed by atoms with Gasteiger partial charge in [-0.1, -0.05) is 45.0 Å². The van der Waals surface area contributed by atoms with Gasteiger partial charge in [0.05, 0.1) is 0 Å². The van der Waals surface area contributed by atoms with Crippen LogP contribution in [0.25, 0.3) is 0 Å². The summed E-state index contributed by atoms with van der Waals surface area (Å²) in [6.45, 7) is 7.81. The number of ketones is 1. The van der Waals surface area contributed by atoms with Crippen LogP contribution >= 0.6 is 0 Å². The average Bonchev–Trinajstić information content (AvgIpc) is 2.53. The topological polar surface area (TPSA) is 55.4 Å². The Hall–Kier alpha value is -2.62. The Balaban J connectivity index is 1.92. The number of hydrogen-bond acceptors (Lipinski definition) is 3. The van der Waals surface area contributed by atoms with Crippen molar-refractivity contribution in [1.29, 1.82) is 0 Å². The van der Waals surface area contributed by atoms with Crippen LogP contribution in [-0.2, 0) is 10.2 Å². The zero-order valence-electron chi connectivity index (χ0n) is 14.6. The van der Waals surface area contributed by atoms with Crippen LogP contribution < -0.4 is 10.1 Å². The molecule has 0 fully saturated rings. The smallest absolute Gasteiger partial charge is 0.262 e. The maximum absolute atomic E-state index is 12.0. The molecule has 0 saturated carbocycles. The lowest BCUT2D eigenvalue weighted by molar-refractivity contribution is -0.118. The zero-order valence-corrected chi connectivity index (χ0v) is 14.6. The van der Waals surface area contributed by atoms with Crippen molar-refractivity contribution in [3.63, 3.8) is 0 Å². The van der Waals surface area contributed by atoms with Crippen molar-refractivity contribution in [1.82, 2.24) is 0 Å². The molecule has 0 aliphatic heterocycles. The van der Waals surface area contributed by atoms with Crippen molar-refractivity contribution >= 4 is 17.4 Å². The Morgan fingerprint density at radius 3 is 2.29 bits per heavy atom. The first-order chi connectivity index (χ1) is 11.3. The van der Waals surface area contributed by atoms with Crippen molar-refractivity contribution in [2.24, 2.45) is 0 Å². The number of anilines is 1. The van der Waals surface area contributed by atoms with Crippen molar-refractivity contribution in [3.8, 4) is 5.75 Å². The second-order valence-corrected chi connectivity index (χ2v) is 6.75. The first-order valence-electron chi connectivity index (χ1n) is 7.90. The lowest BCUT2D eigenvalue weighted by Crippen LogP contribution is -2.20. The molecule has 24 heavy (non-hydrogen) atoms. The van der Waals surface area contributed by atoms with Crippen LogP contribution in [-0.4, -0.2) is 18.3 Å². The van der Waals surface area contributed by atoms with Crippen LogP contribution in [0.1, 0.15) is 43.6 Å². The third-order valence-electron chi connectivity index (χ3n) is 3.65. The number of ether oxygens (including phenoxy) is 1. The van der Waals surface area contributed by atoms with E-state index in [1.807, 2.05) is 24.3 Å². The fourth-order valence-electron chi connectivity index (χ4n) is 2.20. The summed E-state index contributed by atoms with van der Waals surface area (Å²) in [4.78, 5) is 23.3. The Kier molecular flexibility index (Phi) is 5.39. The molecule has 0 aliphatic rings. The maximum Gasteiger partial charge on any atom is 0.262 e. The molecule has 0 unspecified atom stereocenters. The van der Waals surface area contributed by atoms with Crippen molar-refractivity contribution < 1.29 is 14.3 Å². The van der Waals surface area contributed by atoms with Gasteiger partial charge in [-0.3, -0.25) is 9.59 Å². The predicted molar refractivity (Wildman–Crippen MR) is 95.7 cm³/mol. The standard InChI is InChI=1S/C20H23NO3/c1-14(22)15-6-5-7-18(12-15)24-13-19(23)21-17-10-8-16(9-11-17)20(2,3)4/h5-12H,13H2,1-4H3,(H,21,23). The number of benzene rings is 2. The minimum absolute atomic E-state index is 0.0381. The second-order valence-electron chi connectivity index (χ2n) is 6.75. The molecule has 1 N–H and O–H groups in total. The lowest BCUT2D eigenvalue weighted by atomic mass is 9.87. The van der Waals surface area contributed by atoms with Gasteiger partial charge in [0.1, 0.15) is 5.75 Å². The molecule has 0 heterocycles. The molecule has 4 nitrogen and oxygen atoms in total. The van der Waals surface area contributed by atoms with E-state index in [1.165, 1.54) is 12.5 Å². The molecule has 0 spiro atoms. The van der Waals surface area contributed by atoms with Gasteiger partial charge in [0.25, 0.3) is 5.91 Å². The van der Waals surface area contributed by atoms with E-state index in [-0.39, 0.29) is 23.7 Å². The normalized spacial score (nSPS) is 11.0. The van der Waals surface area contributed by atoms with Crippen molar-refractivity contribution in [3.05, 3.63) is 59.7 Å². The van der Waals surface area contributed by atoms with Crippen LogP contribution in [0.3, 0.4) is 0 Å². The highest BCUT2D eigenvalue weighted by Crippen LogP contribution is 2.23. The first-order valence-corrected chi connectivity index (χ1v) is 7.90. The molecule has 0 bridgehead atoms. The van der Waals surface area contributed by atoms with E-state index in [0.717, 1.165) is 5.69 Å². The van der Waals surface area contributed by atoms with E-state index in [0.29, 0.717) is 11.3 Å². The number of nitrogens with one attached hydrogen (secondary N) is 1. The molecule has 0 radical (unpaired) electrons. The number of hydrogen-bond donors (Lipinski definition) is 1. The molecular weight excluding hydrogens is 302 g/mol. The third kappa shape index (κ3) is 4.95. The molecule has 2 aromatic rings. The predicted octanol–water partition coefficient (Wildman–Crippen LogP) is 4.20. The SMILES string of the molecule is CC(=O)c1cccc(OCC(=O)Nc2ccc(C(C)(C)C)cc2)c1. The number of amides is 1. The van der Waals surface area contributed by atoms with Crippen molar-refractivity contribution in [2.45, 2.75) is 33.1 Å². The van der Waals surface area contributed by atoms with Gasteiger partial charge in [0, 0.05) is 11.3 Å². The maximum atomic E-state index is 12.0. The summed E-state index contributed by atoms with van der Waals surface area (Å²) in [5, 5.41) is 2.80. The summed E-state index contributed by atoms with van der Waals surface area (Å²) in [7, 11) is 0. The Morgan fingerprint density at radius 2 is 1.71 bits per heavy atom. The molecule has 2 rings (SSSR count). The average molecular weight is 325 g/mol. The van der Waals surface area contributed by atoms with Crippen LogP contribution in [0.15, 0.2) is 48.5 Å². The van der Waals surface area contributed by atoms with Gasteiger partial charge in [0.15, 0.2) is 12.4 Å². The van der Waals surface area contributed by atoms with Gasteiger partial charge in [-0.05, 0) is 42.2 Å². The van der Waals surface area contributed by atoms with E-state index < -0.39 is 0 Å². The number of rotatable bonds is 5. The van der Waals surface area contributed by atoms with Gasteiger partial charge < -0.3 is 10.1 Å². The van der Waals surface area contributed by atoms with E-state index in [1.54, 1.807) is 24.3 Å². The molecule has 0 saturated heterocycles. The molecule has 0 aromatic heterocycles. The van der Waals surface area contributed by atoms with E-state index in [4.69, 9.17) is 4.74 Å². The summed E-state index contributed by atoms with van der Waals surface area (Å²) in [5.74, 6) is 0.219. The number of carbonyl (C=O) groups excluding carboxylic acids is 2. The first kappa shape index (κ1) is 17.7. The monoisotopic (exact) mass is 325 g/mol. The molecule has 2 aromatic carbocycles.